The number of thioether (sulfide) groups is 1. The smallest absolute Gasteiger partial charge is 0.342 e. The molecule has 0 aliphatic rings. The fraction of sp³-hybridized carbons (Fsp3) is 0.194. The van der Waals surface area contributed by atoms with Crippen molar-refractivity contribution in [2.75, 3.05) is 14.2 Å². The summed E-state index contributed by atoms with van der Waals surface area (Å²) in [4.78, 5) is 12.7. The molecule has 0 spiro atoms. The first-order valence-electron chi connectivity index (χ1n) is 12.9. The van der Waals surface area contributed by atoms with E-state index >= 15 is 0 Å². The number of hydrogen-bond donors (Lipinski definition) is 1. The first-order valence-corrected chi connectivity index (χ1v) is 14.1. The minimum atomic E-state index is -1.04. The molecule has 2 aromatic heterocycles. The molecule has 3 aromatic carbocycles. The molecule has 41 heavy (non-hydrogen) atoms. The molecule has 0 atom stereocenters. The minimum Gasteiger partial charge on any atom is -0.497 e. The molecule has 5 aromatic rings. The number of halogens is 1. The summed E-state index contributed by atoms with van der Waals surface area (Å²) in [6.45, 7) is 5.14. The molecule has 210 valence electrons. The monoisotopic (exact) mass is 588 g/mol. The fourth-order valence-corrected chi connectivity index (χ4v) is 5.77. The molecule has 5 rings (SSSR count). The Morgan fingerprint density at radius 3 is 2.32 bits per heavy atom. The molecule has 0 saturated heterocycles. The summed E-state index contributed by atoms with van der Waals surface area (Å²) in [6.07, 6.45) is 1.73. The van der Waals surface area contributed by atoms with Crippen LogP contribution >= 0.6 is 23.4 Å². The molecular weight excluding hydrogens is 560 g/mol. The van der Waals surface area contributed by atoms with E-state index in [1.54, 1.807) is 26.4 Å². The number of carboxylic acids is 1. The summed E-state index contributed by atoms with van der Waals surface area (Å²) >= 11 is 7.16. The van der Waals surface area contributed by atoms with Crippen LogP contribution in [0.1, 0.15) is 23.7 Å². The van der Waals surface area contributed by atoms with E-state index in [1.807, 2.05) is 79.1 Å². The summed E-state index contributed by atoms with van der Waals surface area (Å²) in [7, 11) is 3.17. The third kappa shape index (κ3) is 5.82. The molecule has 0 unspecified atom stereocenters. The van der Waals surface area contributed by atoms with E-state index < -0.39 is 5.97 Å². The van der Waals surface area contributed by atoms with Crippen molar-refractivity contribution < 1.29 is 19.4 Å². The van der Waals surface area contributed by atoms with Crippen molar-refractivity contribution >= 4 is 46.3 Å². The number of aromatic nitrogens is 4. The lowest BCUT2D eigenvalue weighted by Crippen LogP contribution is -2.04. The van der Waals surface area contributed by atoms with E-state index in [4.69, 9.17) is 21.1 Å². The second-order valence-corrected chi connectivity index (χ2v) is 10.7. The zero-order chi connectivity index (χ0) is 29.1. The van der Waals surface area contributed by atoms with Gasteiger partial charge in [-0.3, -0.25) is 0 Å². The number of rotatable bonds is 10. The van der Waals surface area contributed by atoms with Gasteiger partial charge in [0.05, 0.1) is 14.2 Å². The van der Waals surface area contributed by atoms with E-state index in [2.05, 4.69) is 14.8 Å². The fourth-order valence-electron chi connectivity index (χ4n) is 4.78. The van der Waals surface area contributed by atoms with E-state index in [0.717, 1.165) is 45.0 Å². The summed E-state index contributed by atoms with van der Waals surface area (Å²) in [5.41, 5.74) is 4.68. The Kier molecular flexibility index (Phi) is 8.37. The zero-order valence-corrected chi connectivity index (χ0v) is 24.7. The summed E-state index contributed by atoms with van der Waals surface area (Å²) in [6, 6.07) is 21.2. The highest BCUT2D eigenvalue weighted by Gasteiger charge is 2.21. The van der Waals surface area contributed by atoms with Crippen LogP contribution in [0.3, 0.4) is 0 Å². The number of methoxy groups -OCH3 is 2. The number of carbonyl (C=O) groups is 1. The van der Waals surface area contributed by atoms with E-state index in [9.17, 15) is 9.90 Å². The molecule has 1 N–H and O–H groups in total. The Labute approximate surface area is 247 Å². The van der Waals surface area contributed by atoms with Gasteiger partial charge >= 0.3 is 5.97 Å². The van der Waals surface area contributed by atoms with Crippen LogP contribution in [0.15, 0.2) is 76.8 Å². The van der Waals surface area contributed by atoms with Crippen LogP contribution in [0.5, 0.6) is 11.5 Å². The average molecular weight is 589 g/mol. The number of ether oxygens (including phenoxy) is 2. The van der Waals surface area contributed by atoms with Gasteiger partial charge in [0.1, 0.15) is 16.4 Å². The lowest BCUT2D eigenvalue weighted by molar-refractivity contribution is -0.131. The van der Waals surface area contributed by atoms with Gasteiger partial charge in [-0.05, 0) is 67.6 Å². The zero-order valence-electron chi connectivity index (χ0n) is 23.1. The van der Waals surface area contributed by atoms with Crippen LogP contribution in [0.25, 0.3) is 28.4 Å². The summed E-state index contributed by atoms with van der Waals surface area (Å²) < 4.78 is 14.9. The standard InChI is InChI=1S/C31H29ClN4O4S/c1-5-35-29(21-14-23(39-3)16-24(15-21)40-4)33-34-31(35)41-28(30(37)38)17-26-19(2)36(27-9-7-6-8-25(26)27)18-20-10-12-22(32)13-11-20/h6-17H,5,18H2,1-4H3,(H,37,38)/b28-17-. The second kappa shape index (κ2) is 12.1. The third-order valence-corrected chi connectivity index (χ3v) is 8.11. The Morgan fingerprint density at radius 1 is 1.00 bits per heavy atom. The van der Waals surface area contributed by atoms with Crippen LogP contribution in [-0.2, 0) is 17.9 Å². The van der Waals surface area contributed by atoms with Gasteiger partial charge in [-0.1, -0.05) is 41.9 Å². The lowest BCUT2D eigenvalue weighted by Gasteiger charge is -2.11. The van der Waals surface area contributed by atoms with Gasteiger partial charge in [-0.2, -0.15) is 0 Å². The molecule has 10 heteroatoms. The summed E-state index contributed by atoms with van der Waals surface area (Å²) in [5, 5.41) is 21.1. The quantitative estimate of drug-likeness (QED) is 0.137. The molecule has 8 nitrogen and oxygen atoms in total. The number of carboxylic acid groups (broad SMARTS) is 1. The van der Waals surface area contributed by atoms with E-state index in [-0.39, 0.29) is 4.91 Å². The molecule has 2 heterocycles. The molecular formula is C31H29ClN4O4S. The largest absolute Gasteiger partial charge is 0.497 e. The van der Waals surface area contributed by atoms with Gasteiger partial charge in [-0.25, -0.2) is 4.79 Å². The molecule has 0 amide bonds. The van der Waals surface area contributed by atoms with Gasteiger partial charge in [0, 0.05) is 51.9 Å². The SMILES string of the molecule is CCn1c(S/C(=C\c2c(C)n(Cc3ccc(Cl)cc3)c3ccccc23)C(=O)O)nnc1-c1cc(OC)cc(OC)c1. The number of nitrogens with zero attached hydrogens (tertiary/aromatic N) is 4. The van der Waals surface area contributed by atoms with Crippen LogP contribution < -0.4 is 9.47 Å². The lowest BCUT2D eigenvalue weighted by atomic mass is 10.1. The molecule has 0 bridgehead atoms. The Morgan fingerprint density at radius 2 is 1.68 bits per heavy atom. The van der Waals surface area contributed by atoms with Crippen molar-refractivity contribution in [2.24, 2.45) is 0 Å². The Hall–Kier alpha value is -4.21. The average Bonchev–Trinajstić information content (AvgIpc) is 3.51. The first kappa shape index (κ1) is 28.3. The topological polar surface area (TPSA) is 91.4 Å². The highest BCUT2D eigenvalue weighted by atomic mass is 35.5. The minimum absolute atomic E-state index is 0.138. The van der Waals surface area contributed by atoms with Gasteiger partial charge in [0.15, 0.2) is 11.0 Å². The van der Waals surface area contributed by atoms with Crippen LogP contribution in [0.2, 0.25) is 5.02 Å². The maximum atomic E-state index is 12.5. The molecule has 0 radical (unpaired) electrons. The number of aliphatic carboxylic acids is 1. The predicted molar refractivity (Wildman–Crippen MR) is 163 cm³/mol. The predicted octanol–water partition coefficient (Wildman–Crippen LogP) is 7.16. The molecule has 0 fully saturated rings. The van der Waals surface area contributed by atoms with Crippen molar-refractivity contribution in [1.29, 1.82) is 0 Å². The number of hydrogen-bond acceptors (Lipinski definition) is 6. The molecule has 0 aliphatic carbocycles. The van der Waals surface area contributed by atoms with Gasteiger partial charge in [0.25, 0.3) is 0 Å². The highest BCUT2D eigenvalue weighted by molar-refractivity contribution is 8.04. The normalized spacial score (nSPS) is 11.7. The maximum absolute atomic E-state index is 12.5. The van der Waals surface area contributed by atoms with Gasteiger partial charge < -0.3 is 23.7 Å². The van der Waals surface area contributed by atoms with Crippen molar-refractivity contribution in [1.82, 2.24) is 19.3 Å². The van der Waals surface area contributed by atoms with Gasteiger partial charge in [0.2, 0.25) is 0 Å². The van der Waals surface area contributed by atoms with E-state index in [0.29, 0.717) is 40.6 Å². The van der Waals surface area contributed by atoms with Crippen LogP contribution in [0.4, 0.5) is 0 Å². The van der Waals surface area contributed by atoms with Crippen molar-refractivity contribution in [3.05, 3.63) is 93.5 Å². The van der Waals surface area contributed by atoms with Crippen LogP contribution in [-0.4, -0.2) is 44.6 Å². The Balaban J connectivity index is 1.55. The molecule has 0 saturated carbocycles. The van der Waals surface area contributed by atoms with Crippen molar-refractivity contribution in [3.8, 4) is 22.9 Å². The number of fused-ring (bicyclic) bond motifs is 1. The third-order valence-electron chi connectivity index (χ3n) is 6.86. The molecule has 0 aliphatic heterocycles. The van der Waals surface area contributed by atoms with Crippen molar-refractivity contribution in [3.63, 3.8) is 0 Å². The van der Waals surface area contributed by atoms with E-state index in [1.165, 1.54) is 0 Å². The van der Waals surface area contributed by atoms with Crippen LogP contribution in [0, 0.1) is 6.92 Å². The first-order chi connectivity index (χ1) is 19.8. The number of para-hydroxylation sites is 1. The maximum Gasteiger partial charge on any atom is 0.342 e. The van der Waals surface area contributed by atoms with Crippen molar-refractivity contribution in [2.45, 2.75) is 32.1 Å². The second-order valence-electron chi connectivity index (χ2n) is 9.30. The Bertz CT molecular complexity index is 1740. The summed E-state index contributed by atoms with van der Waals surface area (Å²) in [5.74, 6) is 0.790. The highest BCUT2D eigenvalue weighted by Crippen LogP contribution is 2.36. The number of benzene rings is 3. The van der Waals surface area contributed by atoms with Gasteiger partial charge in [-0.15, -0.1) is 10.2 Å².